The van der Waals surface area contributed by atoms with Crippen LogP contribution in [-0.2, 0) is 14.3 Å². The first-order chi connectivity index (χ1) is 15.5. The summed E-state index contributed by atoms with van der Waals surface area (Å²) in [5, 5.41) is 16.8. The fraction of sp³-hybridized carbons (Fsp3) is 0.240. The van der Waals surface area contributed by atoms with Gasteiger partial charge in [0.1, 0.15) is 0 Å². The number of allylic oxidation sites excluding steroid dienone is 2. The summed E-state index contributed by atoms with van der Waals surface area (Å²) in [6.45, 7) is 5.78. The molecule has 0 bridgehead atoms. The van der Waals surface area contributed by atoms with Crippen molar-refractivity contribution in [2.45, 2.75) is 26.7 Å². The van der Waals surface area contributed by atoms with Gasteiger partial charge in [0.25, 0.3) is 5.91 Å². The molecule has 0 aliphatic carbocycles. The molecule has 164 valence electrons. The molecule has 3 rings (SSSR count). The van der Waals surface area contributed by atoms with E-state index in [0.29, 0.717) is 28.5 Å². The highest BCUT2D eigenvalue weighted by molar-refractivity contribution is 8.03. The van der Waals surface area contributed by atoms with Gasteiger partial charge < -0.3 is 15.4 Å². The zero-order chi connectivity index (χ0) is 23.1. The lowest BCUT2D eigenvalue weighted by Crippen LogP contribution is -2.31. The average Bonchev–Trinajstić information content (AvgIpc) is 2.79. The zero-order valence-electron chi connectivity index (χ0n) is 18.3. The Morgan fingerprint density at radius 3 is 2.47 bits per heavy atom. The molecule has 7 heteroatoms. The van der Waals surface area contributed by atoms with Crippen molar-refractivity contribution < 1.29 is 14.3 Å². The Balaban J connectivity index is 2.00. The number of para-hydroxylation sites is 1. The Bertz CT molecular complexity index is 1120. The smallest absolute Gasteiger partial charge is 0.316 e. The number of carbonyl (C=O) groups is 2. The van der Waals surface area contributed by atoms with Crippen molar-refractivity contribution in [3.8, 4) is 6.07 Å². The summed E-state index contributed by atoms with van der Waals surface area (Å²) in [4.78, 5) is 25.3. The second-order valence-corrected chi connectivity index (χ2v) is 8.21. The van der Waals surface area contributed by atoms with Crippen molar-refractivity contribution in [2.75, 3.05) is 17.7 Å². The summed E-state index contributed by atoms with van der Waals surface area (Å²) in [5.41, 5.74) is 3.99. The summed E-state index contributed by atoms with van der Waals surface area (Å²) >= 11 is 1.21. The Labute approximate surface area is 192 Å². The van der Waals surface area contributed by atoms with E-state index in [1.807, 2.05) is 68.4 Å². The predicted molar refractivity (Wildman–Crippen MR) is 127 cm³/mol. The third-order valence-corrected chi connectivity index (χ3v) is 6.05. The van der Waals surface area contributed by atoms with Crippen LogP contribution in [0, 0.1) is 18.3 Å². The van der Waals surface area contributed by atoms with E-state index in [2.05, 4.69) is 16.7 Å². The summed E-state index contributed by atoms with van der Waals surface area (Å²) in [7, 11) is 0. The fourth-order valence-electron chi connectivity index (χ4n) is 3.54. The highest BCUT2D eigenvalue weighted by Crippen LogP contribution is 2.41. The topological polar surface area (TPSA) is 91.2 Å². The van der Waals surface area contributed by atoms with Crippen molar-refractivity contribution in [3.05, 3.63) is 87.6 Å². The minimum Gasteiger partial charge on any atom is -0.465 e. The number of aryl methyl sites for hydroxylation is 1. The number of thioether (sulfide) groups is 1. The molecular weight excluding hydrogens is 422 g/mol. The third-order valence-electron chi connectivity index (χ3n) is 5.06. The molecule has 0 fully saturated rings. The Kier molecular flexibility index (Phi) is 7.74. The van der Waals surface area contributed by atoms with Crippen LogP contribution in [-0.4, -0.2) is 24.2 Å². The number of nitrogens with zero attached hydrogens (tertiary/aromatic N) is 1. The molecule has 1 atom stereocenters. The van der Waals surface area contributed by atoms with Crippen LogP contribution in [0.3, 0.4) is 0 Å². The van der Waals surface area contributed by atoms with Crippen LogP contribution in [0.4, 0.5) is 5.69 Å². The molecule has 1 amide bonds. The Morgan fingerprint density at radius 1 is 1.12 bits per heavy atom. The highest BCUT2D eigenvalue weighted by Gasteiger charge is 2.35. The lowest BCUT2D eigenvalue weighted by Gasteiger charge is -2.30. The SMILES string of the molecule is CCOC(=O)CSC1=C(C#N)[C@@H](c2ccccc2)C(C(=O)Nc2ccccc2C)=C(C)N1. The van der Waals surface area contributed by atoms with Gasteiger partial charge in [0, 0.05) is 17.0 Å². The van der Waals surface area contributed by atoms with Gasteiger partial charge in [0.2, 0.25) is 0 Å². The number of hydrogen-bond acceptors (Lipinski definition) is 6. The number of rotatable bonds is 7. The molecule has 0 saturated heterocycles. The number of esters is 1. The van der Waals surface area contributed by atoms with E-state index in [1.165, 1.54) is 11.8 Å². The van der Waals surface area contributed by atoms with E-state index >= 15 is 0 Å². The largest absolute Gasteiger partial charge is 0.465 e. The summed E-state index contributed by atoms with van der Waals surface area (Å²) in [6, 6.07) is 19.3. The predicted octanol–water partition coefficient (Wildman–Crippen LogP) is 4.63. The van der Waals surface area contributed by atoms with Gasteiger partial charge in [-0.05, 0) is 38.0 Å². The first kappa shape index (κ1) is 23.2. The van der Waals surface area contributed by atoms with Crippen LogP contribution in [0.15, 0.2) is 76.5 Å². The molecular formula is C25H25N3O3S. The molecule has 0 aromatic heterocycles. The lowest BCUT2D eigenvalue weighted by molar-refractivity contribution is -0.139. The molecule has 32 heavy (non-hydrogen) atoms. The van der Waals surface area contributed by atoms with Gasteiger partial charge in [-0.2, -0.15) is 5.26 Å². The van der Waals surface area contributed by atoms with Crippen LogP contribution < -0.4 is 10.6 Å². The van der Waals surface area contributed by atoms with Gasteiger partial charge in [0.15, 0.2) is 0 Å². The first-order valence-electron chi connectivity index (χ1n) is 10.3. The van der Waals surface area contributed by atoms with Crippen LogP contribution in [0.1, 0.15) is 30.9 Å². The van der Waals surface area contributed by atoms with Crippen molar-refractivity contribution in [1.29, 1.82) is 5.26 Å². The molecule has 2 aromatic carbocycles. The second-order valence-electron chi connectivity index (χ2n) is 7.22. The van der Waals surface area contributed by atoms with Gasteiger partial charge in [-0.15, -0.1) is 0 Å². The maximum atomic E-state index is 13.4. The van der Waals surface area contributed by atoms with Gasteiger partial charge >= 0.3 is 5.97 Å². The Morgan fingerprint density at radius 2 is 1.81 bits per heavy atom. The molecule has 6 nitrogen and oxygen atoms in total. The second kappa shape index (κ2) is 10.7. The van der Waals surface area contributed by atoms with E-state index in [-0.39, 0.29) is 17.6 Å². The maximum Gasteiger partial charge on any atom is 0.316 e. The molecule has 1 aliphatic heterocycles. The van der Waals surface area contributed by atoms with E-state index in [9.17, 15) is 14.9 Å². The van der Waals surface area contributed by atoms with Gasteiger partial charge in [-0.3, -0.25) is 9.59 Å². The molecule has 0 unspecified atom stereocenters. The molecule has 2 N–H and O–H groups in total. The van der Waals surface area contributed by atoms with Gasteiger partial charge in [-0.1, -0.05) is 60.3 Å². The number of benzene rings is 2. The molecule has 0 radical (unpaired) electrons. The molecule has 1 aliphatic rings. The number of hydrogen-bond donors (Lipinski definition) is 2. The number of nitriles is 1. The van der Waals surface area contributed by atoms with E-state index in [1.54, 1.807) is 6.92 Å². The van der Waals surface area contributed by atoms with Crippen LogP contribution in [0.5, 0.6) is 0 Å². The number of ether oxygens (including phenoxy) is 1. The van der Waals surface area contributed by atoms with Crippen LogP contribution >= 0.6 is 11.8 Å². The molecule has 0 spiro atoms. The lowest BCUT2D eigenvalue weighted by atomic mass is 9.82. The maximum absolute atomic E-state index is 13.4. The summed E-state index contributed by atoms with van der Waals surface area (Å²) in [6.07, 6.45) is 0. The Hall–Kier alpha value is -3.50. The minimum absolute atomic E-state index is 0.0703. The number of carbonyl (C=O) groups excluding carboxylic acids is 2. The van der Waals surface area contributed by atoms with Crippen molar-refractivity contribution in [2.24, 2.45) is 0 Å². The zero-order valence-corrected chi connectivity index (χ0v) is 19.1. The van der Waals surface area contributed by atoms with E-state index in [4.69, 9.17) is 4.74 Å². The van der Waals surface area contributed by atoms with Gasteiger partial charge in [0.05, 0.1) is 34.9 Å². The minimum atomic E-state index is -0.559. The quantitative estimate of drug-likeness (QED) is 0.602. The summed E-state index contributed by atoms with van der Waals surface area (Å²) in [5.74, 6) is -1.12. The average molecular weight is 448 g/mol. The molecule has 0 saturated carbocycles. The number of anilines is 1. The van der Waals surface area contributed by atoms with E-state index in [0.717, 1.165) is 16.8 Å². The van der Waals surface area contributed by atoms with Crippen molar-refractivity contribution in [1.82, 2.24) is 5.32 Å². The van der Waals surface area contributed by atoms with Crippen LogP contribution in [0.2, 0.25) is 0 Å². The number of amides is 1. The highest BCUT2D eigenvalue weighted by atomic mass is 32.2. The van der Waals surface area contributed by atoms with Crippen LogP contribution in [0.25, 0.3) is 0 Å². The first-order valence-corrected chi connectivity index (χ1v) is 11.3. The van der Waals surface area contributed by atoms with Crippen molar-refractivity contribution in [3.63, 3.8) is 0 Å². The summed E-state index contributed by atoms with van der Waals surface area (Å²) < 4.78 is 5.01. The molecule has 2 aromatic rings. The number of dihydropyridines is 1. The monoisotopic (exact) mass is 447 g/mol. The number of nitrogens with one attached hydrogen (secondary N) is 2. The molecule has 1 heterocycles. The third kappa shape index (κ3) is 5.21. The van der Waals surface area contributed by atoms with Crippen molar-refractivity contribution >= 4 is 29.3 Å². The van der Waals surface area contributed by atoms with E-state index < -0.39 is 5.92 Å². The van der Waals surface area contributed by atoms with Gasteiger partial charge in [-0.25, -0.2) is 0 Å². The standard InChI is InChI=1S/C25H25N3O3S/c1-4-31-21(29)15-32-25-19(14-26)23(18-11-6-5-7-12-18)22(17(3)27-25)24(30)28-20-13-9-8-10-16(20)2/h5-13,23,27H,4,15H2,1-3H3,(H,28,30)/t23-/m1/s1. The fourth-order valence-corrected chi connectivity index (χ4v) is 4.43. The normalized spacial score (nSPS) is 15.6.